The zero-order chi connectivity index (χ0) is 27.1. The van der Waals surface area contributed by atoms with Crippen LogP contribution in [0, 0.1) is 24.6 Å². The van der Waals surface area contributed by atoms with Gasteiger partial charge in [0.25, 0.3) is 5.56 Å². The van der Waals surface area contributed by atoms with Crippen LogP contribution >= 0.6 is 11.3 Å². The molecule has 0 radical (unpaired) electrons. The maximum absolute atomic E-state index is 15.6. The largest absolute Gasteiger partial charge is 0.364 e. The number of aromatic nitrogens is 4. The number of anilines is 1. The van der Waals surface area contributed by atoms with Gasteiger partial charge in [0.05, 0.1) is 27.1 Å². The highest BCUT2D eigenvalue weighted by atomic mass is 32.1. The van der Waals surface area contributed by atoms with Crippen molar-refractivity contribution in [3.05, 3.63) is 51.1 Å². The molecule has 0 aliphatic carbocycles. The smallest absolute Gasteiger partial charge is 0.252 e. The lowest BCUT2D eigenvalue weighted by Crippen LogP contribution is -2.59. The van der Waals surface area contributed by atoms with Gasteiger partial charge in [-0.15, -0.1) is 17.3 Å². The molecule has 9 heteroatoms. The van der Waals surface area contributed by atoms with Crippen LogP contribution in [0.1, 0.15) is 57.1 Å². The van der Waals surface area contributed by atoms with Crippen molar-refractivity contribution in [2.75, 3.05) is 18.0 Å². The second kappa shape index (κ2) is 10.5. The number of halogens is 1. The van der Waals surface area contributed by atoms with Crippen LogP contribution in [0.5, 0.6) is 0 Å². The van der Waals surface area contributed by atoms with Crippen LogP contribution in [0.3, 0.4) is 0 Å². The van der Waals surface area contributed by atoms with E-state index in [9.17, 15) is 4.79 Å². The number of rotatable bonds is 6. The van der Waals surface area contributed by atoms with Gasteiger partial charge in [0.2, 0.25) is 0 Å². The molecule has 0 spiro atoms. The average molecular weight is 535 g/mol. The Bertz CT molecular complexity index is 1610. The Balaban J connectivity index is 1.52. The highest BCUT2D eigenvalue weighted by Crippen LogP contribution is 2.36. The average Bonchev–Trinajstić information content (AvgIpc) is 3.52. The van der Waals surface area contributed by atoms with Gasteiger partial charge in [-0.2, -0.15) is 5.10 Å². The van der Waals surface area contributed by atoms with Gasteiger partial charge in [-0.3, -0.25) is 14.4 Å². The van der Waals surface area contributed by atoms with Crippen molar-refractivity contribution in [1.82, 2.24) is 24.2 Å². The zero-order valence-electron chi connectivity index (χ0n) is 23.0. The predicted octanol–water partition coefficient (Wildman–Crippen LogP) is 5.26. The van der Waals surface area contributed by atoms with Gasteiger partial charge >= 0.3 is 0 Å². The summed E-state index contributed by atoms with van der Waals surface area (Å²) in [6, 6.07) is 5.89. The second-order valence-electron chi connectivity index (χ2n) is 10.1. The van der Waals surface area contributed by atoms with E-state index < -0.39 is 0 Å². The molecule has 3 atom stereocenters. The Morgan fingerprint density at radius 2 is 1.95 bits per heavy atom. The number of aryl methyl sites for hydroxylation is 2. The summed E-state index contributed by atoms with van der Waals surface area (Å²) in [5, 5.41) is 5.71. The van der Waals surface area contributed by atoms with Gasteiger partial charge in [-0.05, 0) is 39.7 Å². The summed E-state index contributed by atoms with van der Waals surface area (Å²) in [6.07, 6.45) is 3.71. The summed E-state index contributed by atoms with van der Waals surface area (Å²) in [6.45, 7) is 12.2. The molecule has 1 aromatic carbocycles. The van der Waals surface area contributed by atoms with Crippen molar-refractivity contribution in [3.63, 3.8) is 0 Å². The minimum atomic E-state index is -0.210. The van der Waals surface area contributed by atoms with Gasteiger partial charge in [0.1, 0.15) is 17.6 Å². The number of hydrogen-bond acceptors (Lipinski definition) is 6. The molecule has 0 saturated carbocycles. The molecule has 5 rings (SSSR count). The molecule has 1 aliphatic rings. The minimum absolute atomic E-state index is 0.0544. The van der Waals surface area contributed by atoms with E-state index in [0.717, 1.165) is 52.4 Å². The van der Waals surface area contributed by atoms with E-state index in [1.54, 1.807) is 22.4 Å². The van der Waals surface area contributed by atoms with Crippen LogP contribution in [-0.4, -0.2) is 49.4 Å². The zero-order valence-corrected chi connectivity index (χ0v) is 23.8. The fraction of sp³-hybridized carbons (Fsp3) is 0.483. The first-order valence-electron chi connectivity index (χ1n) is 13.3. The maximum Gasteiger partial charge on any atom is 0.252 e. The van der Waals surface area contributed by atoms with Crippen molar-refractivity contribution in [1.29, 1.82) is 0 Å². The molecule has 0 amide bonds. The first kappa shape index (κ1) is 26.4. The summed E-state index contributed by atoms with van der Waals surface area (Å²) in [5.74, 6) is 5.76. The predicted molar refractivity (Wildman–Crippen MR) is 153 cm³/mol. The number of hydrogen-bond donors (Lipinski definition) is 0. The lowest BCUT2D eigenvalue weighted by atomic mass is 9.96. The molecule has 0 bridgehead atoms. The van der Waals surface area contributed by atoms with Crippen LogP contribution in [0.2, 0.25) is 0 Å². The van der Waals surface area contributed by atoms with Crippen molar-refractivity contribution in [3.8, 4) is 11.8 Å². The molecule has 0 N–H and O–H groups in total. The number of pyridine rings is 1. The van der Waals surface area contributed by atoms with E-state index in [0.29, 0.717) is 17.6 Å². The van der Waals surface area contributed by atoms with E-state index in [-0.39, 0.29) is 29.5 Å². The Labute approximate surface area is 226 Å². The van der Waals surface area contributed by atoms with Crippen molar-refractivity contribution >= 4 is 38.3 Å². The summed E-state index contributed by atoms with van der Waals surface area (Å²) < 4.78 is 20.0. The molecule has 1 fully saturated rings. The van der Waals surface area contributed by atoms with Crippen molar-refractivity contribution in [2.45, 2.75) is 72.1 Å². The molecule has 4 heterocycles. The Kier molecular flexibility index (Phi) is 7.30. The molecule has 7 nitrogen and oxygen atoms in total. The first-order valence-corrected chi connectivity index (χ1v) is 14.1. The lowest BCUT2D eigenvalue weighted by Gasteiger charge is -2.49. The summed E-state index contributed by atoms with van der Waals surface area (Å²) in [7, 11) is 1.78. The van der Waals surface area contributed by atoms with Crippen molar-refractivity contribution in [2.24, 2.45) is 7.05 Å². The molecule has 38 heavy (non-hydrogen) atoms. The fourth-order valence-electron chi connectivity index (χ4n) is 5.74. The molecule has 1 aliphatic heterocycles. The number of fused-ring (bicyclic) bond motifs is 2. The number of piperazine rings is 1. The van der Waals surface area contributed by atoms with Crippen LogP contribution in [-0.2, 0) is 13.6 Å². The highest BCUT2D eigenvalue weighted by Gasteiger charge is 2.37. The van der Waals surface area contributed by atoms with Gasteiger partial charge in [0.15, 0.2) is 5.82 Å². The van der Waals surface area contributed by atoms with E-state index in [1.165, 1.54) is 11.3 Å². The molecule has 1 saturated heterocycles. The van der Waals surface area contributed by atoms with Gasteiger partial charge in [-0.25, -0.2) is 9.37 Å². The minimum Gasteiger partial charge on any atom is -0.364 e. The van der Waals surface area contributed by atoms with E-state index in [4.69, 9.17) is 5.10 Å². The molecule has 4 aromatic rings. The summed E-state index contributed by atoms with van der Waals surface area (Å²) in [4.78, 5) is 22.2. The fourth-order valence-corrected chi connectivity index (χ4v) is 6.57. The lowest BCUT2D eigenvalue weighted by molar-refractivity contribution is 0.0995. The summed E-state index contributed by atoms with van der Waals surface area (Å²) in [5.41, 5.74) is 3.60. The normalized spacial score (nSPS) is 19.2. The van der Waals surface area contributed by atoms with E-state index in [2.05, 4.69) is 47.4 Å². The Hall–Kier alpha value is -3.22. The van der Waals surface area contributed by atoms with E-state index in [1.807, 2.05) is 32.2 Å². The molecular formula is C29H35FN6OS. The topological polar surface area (TPSA) is 59.2 Å². The van der Waals surface area contributed by atoms with E-state index >= 15 is 4.39 Å². The monoisotopic (exact) mass is 534 g/mol. The van der Waals surface area contributed by atoms with Crippen LogP contribution in [0.25, 0.3) is 21.3 Å². The van der Waals surface area contributed by atoms with Crippen LogP contribution in [0.15, 0.2) is 29.2 Å². The Morgan fingerprint density at radius 3 is 2.66 bits per heavy atom. The highest BCUT2D eigenvalue weighted by molar-refractivity contribution is 7.18. The molecule has 200 valence electrons. The third-order valence-electron chi connectivity index (χ3n) is 7.93. The molecular weight excluding hydrogens is 499 g/mol. The number of nitrogens with zero attached hydrogens (tertiary/aromatic N) is 6. The SMILES string of the molecule is CC#CCn1cc2c(n1)c(N1C[C@@H](CC)N([C@H](C)c3ccc4sc(C)nc4c3F)C[C@@H]1CC)cc(=O)n2C. The van der Waals surface area contributed by atoms with Gasteiger partial charge < -0.3 is 9.47 Å². The standard InChI is InChI=1S/C29H35FN6OS/c1-7-10-13-34-17-24-28(32-34)23(14-26(37)33(24)6)36-16-20(8-2)35(15-21(36)9-3)18(4)22-11-12-25-29(27(22)30)31-19(5)38-25/h11-12,14,17-18,20-21H,8-9,13,15-16H2,1-6H3/t18-,20-,21+/m1/s1. The molecule has 3 aromatic heterocycles. The maximum atomic E-state index is 15.6. The Morgan fingerprint density at radius 1 is 1.18 bits per heavy atom. The first-order chi connectivity index (χ1) is 18.3. The van der Waals surface area contributed by atoms with Gasteiger partial charge in [0, 0.05) is 49.9 Å². The van der Waals surface area contributed by atoms with Gasteiger partial charge in [-0.1, -0.05) is 25.8 Å². The number of thiazole rings is 1. The number of benzene rings is 1. The second-order valence-corrected chi connectivity index (χ2v) is 11.3. The van der Waals surface area contributed by atoms with Crippen LogP contribution < -0.4 is 10.5 Å². The third kappa shape index (κ3) is 4.50. The quantitative estimate of drug-likeness (QED) is 0.316. The third-order valence-corrected chi connectivity index (χ3v) is 8.87. The summed E-state index contributed by atoms with van der Waals surface area (Å²) >= 11 is 1.52. The molecule has 0 unspecified atom stereocenters. The van der Waals surface area contributed by atoms with Crippen LogP contribution in [0.4, 0.5) is 10.1 Å². The van der Waals surface area contributed by atoms with Crippen molar-refractivity contribution < 1.29 is 4.39 Å².